The van der Waals surface area contributed by atoms with E-state index in [1.165, 1.54) is 11.3 Å². The molecule has 0 aromatic heterocycles. The number of aryl methyl sites for hydroxylation is 1. The van der Waals surface area contributed by atoms with E-state index in [1.54, 1.807) is 7.11 Å². The Morgan fingerprint density at radius 1 is 1.00 bits per heavy atom. The molecular weight excluding hydrogens is 300 g/mol. The van der Waals surface area contributed by atoms with Crippen LogP contribution in [0.2, 0.25) is 0 Å². The molecule has 4 heteroatoms. The number of hydrogen-bond donors (Lipinski definition) is 1. The number of nitrogens with zero attached hydrogens (tertiary/aromatic N) is 2. The van der Waals surface area contributed by atoms with Crippen molar-refractivity contribution < 1.29 is 9.84 Å². The molecule has 1 atom stereocenters. The van der Waals surface area contributed by atoms with Gasteiger partial charge in [0.15, 0.2) is 0 Å². The summed E-state index contributed by atoms with van der Waals surface area (Å²) >= 11 is 0. The molecule has 2 aromatic rings. The van der Waals surface area contributed by atoms with Crippen molar-refractivity contribution in [1.82, 2.24) is 4.90 Å². The van der Waals surface area contributed by atoms with E-state index < -0.39 is 6.10 Å². The van der Waals surface area contributed by atoms with Crippen molar-refractivity contribution in [2.45, 2.75) is 13.0 Å². The van der Waals surface area contributed by atoms with Crippen LogP contribution in [0, 0.1) is 6.92 Å². The molecule has 1 aliphatic rings. The Kier molecular flexibility index (Phi) is 5.38. The van der Waals surface area contributed by atoms with Gasteiger partial charge in [-0.25, -0.2) is 0 Å². The van der Waals surface area contributed by atoms with Crippen LogP contribution in [-0.2, 0) is 0 Å². The largest absolute Gasteiger partial charge is 0.497 e. The van der Waals surface area contributed by atoms with Crippen LogP contribution >= 0.6 is 0 Å². The van der Waals surface area contributed by atoms with Crippen LogP contribution in [0.5, 0.6) is 5.75 Å². The molecule has 1 fully saturated rings. The molecule has 0 unspecified atom stereocenters. The molecule has 0 spiro atoms. The van der Waals surface area contributed by atoms with Crippen molar-refractivity contribution in [1.29, 1.82) is 0 Å². The maximum atomic E-state index is 10.5. The first kappa shape index (κ1) is 16.8. The van der Waals surface area contributed by atoms with E-state index in [2.05, 4.69) is 41.0 Å². The lowest BCUT2D eigenvalue weighted by atomic mass is 10.1. The monoisotopic (exact) mass is 326 g/mol. The number of rotatable bonds is 5. The van der Waals surface area contributed by atoms with Gasteiger partial charge in [0.1, 0.15) is 5.75 Å². The minimum absolute atomic E-state index is 0.457. The zero-order valence-corrected chi connectivity index (χ0v) is 14.5. The van der Waals surface area contributed by atoms with Crippen LogP contribution in [0.1, 0.15) is 17.2 Å². The number of anilines is 1. The molecule has 3 rings (SSSR count). The Balaban J connectivity index is 1.54. The first-order valence-corrected chi connectivity index (χ1v) is 8.52. The number of aliphatic hydroxyl groups excluding tert-OH is 1. The third-order valence-corrected chi connectivity index (χ3v) is 4.76. The third kappa shape index (κ3) is 3.89. The Labute approximate surface area is 144 Å². The summed E-state index contributed by atoms with van der Waals surface area (Å²) in [6, 6.07) is 16.2. The second-order valence-corrected chi connectivity index (χ2v) is 6.36. The zero-order chi connectivity index (χ0) is 16.9. The molecule has 0 aliphatic carbocycles. The van der Waals surface area contributed by atoms with E-state index in [0.717, 1.165) is 37.5 Å². The summed E-state index contributed by atoms with van der Waals surface area (Å²) in [6.45, 7) is 6.78. The lowest BCUT2D eigenvalue weighted by Crippen LogP contribution is -2.47. The maximum absolute atomic E-state index is 10.5. The van der Waals surface area contributed by atoms with Gasteiger partial charge in [-0.3, -0.25) is 4.90 Å². The van der Waals surface area contributed by atoms with Crippen LogP contribution in [-0.4, -0.2) is 49.8 Å². The lowest BCUT2D eigenvalue weighted by Gasteiger charge is -2.37. The predicted molar refractivity (Wildman–Crippen MR) is 97.8 cm³/mol. The molecule has 1 aliphatic heterocycles. The number of hydrogen-bond acceptors (Lipinski definition) is 4. The van der Waals surface area contributed by atoms with Crippen LogP contribution in [0.3, 0.4) is 0 Å². The quantitative estimate of drug-likeness (QED) is 0.916. The molecule has 24 heavy (non-hydrogen) atoms. The lowest BCUT2D eigenvalue weighted by molar-refractivity contribution is 0.109. The van der Waals surface area contributed by atoms with Crippen molar-refractivity contribution in [3.8, 4) is 5.75 Å². The first-order chi connectivity index (χ1) is 11.7. The average Bonchev–Trinajstić information content (AvgIpc) is 2.63. The van der Waals surface area contributed by atoms with Gasteiger partial charge in [0, 0.05) is 38.4 Å². The van der Waals surface area contributed by atoms with E-state index in [9.17, 15) is 5.11 Å². The van der Waals surface area contributed by atoms with Crippen LogP contribution in [0.25, 0.3) is 0 Å². The molecule has 128 valence electrons. The third-order valence-electron chi connectivity index (χ3n) is 4.76. The Bertz CT molecular complexity index is 649. The van der Waals surface area contributed by atoms with Gasteiger partial charge in [-0.15, -0.1) is 0 Å². The fourth-order valence-electron chi connectivity index (χ4n) is 3.27. The number of para-hydroxylation sites is 1. The summed E-state index contributed by atoms with van der Waals surface area (Å²) in [5.41, 5.74) is 3.59. The van der Waals surface area contributed by atoms with E-state index >= 15 is 0 Å². The Morgan fingerprint density at radius 3 is 2.29 bits per heavy atom. The number of methoxy groups -OCH3 is 1. The van der Waals surface area contributed by atoms with Crippen molar-refractivity contribution in [2.24, 2.45) is 0 Å². The highest BCUT2D eigenvalue weighted by molar-refractivity contribution is 5.53. The summed E-state index contributed by atoms with van der Waals surface area (Å²) in [4.78, 5) is 4.77. The van der Waals surface area contributed by atoms with Gasteiger partial charge in [0.05, 0.1) is 13.2 Å². The van der Waals surface area contributed by atoms with Gasteiger partial charge in [0.2, 0.25) is 0 Å². The van der Waals surface area contributed by atoms with E-state index in [-0.39, 0.29) is 0 Å². The number of piperazine rings is 1. The number of β-amino-alcohol motifs (C(OH)–C–C–N with tert-alkyl or cyclic N) is 1. The molecular formula is C20H26N2O2. The molecule has 0 bridgehead atoms. The minimum atomic E-state index is -0.457. The Hall–Kier alpha value is -2.04. The predicted octanol–water partition coefficient (Wildman–Crippen LogP) is 2.86. The molecule has 0 saturated carbocycles. The number of benzene rings is 2. The van der Waals surface area contributed by atoms with E-state index in [4.69, 9.17) is 4.74 Å². The van der Waals surface area contributed by atoms with Gasteiger partial charge >= 0.3 is 0 Å². The number of aliphatic hydroxyl groups is 1. The standard InChI is InChI=1S/C20H26N2O2/c1-16-5-3-4-6-19(16)22-13-11-21(12-14-22)15-20(23)17-7-9-18(24-2)10-8-17/h3-10,20,23H,11-15H2,1-2H3/t20-/m0/s1. The van der Waals surface area contributed by atoms with Crippen molar-refractivity contribution in [3.63, 3.8) is 0 Å². The number of ether oxygens (including phenoxy) is 1. The Morgan fingerprint density at radius 2 is 1.67 bits per heavy atom. The second-order valence-electron chi connectivity index (χ2n) is 6.36. The molecule has 1 heterocycles. The second kappa shape index (κ2) is 7.69. The maximum Gasteiger partial charge on any atom is 0.118 e. The van der Waals surface area contributed by atoms with Gasteiger partial charge in [-0.1, -0.05) is 30.3 Å². The fraction of sp³-hybridized carbons (Fsp3) is 0.400. The highest BCUT2D eigenvalue weighted by Gasteiger charge is 2.20. The van der Waals surface area contributed by atoms with E-state index in [0.29, 0.717) is 6.54 Å². The normalized spacial score (nSPS) is 16.9. The van der Waals surface area contributed by atoms with Gasteiger partial charge in [-0.05, 0) is 36.2 Å². The van der Waals surface area contributed by atoms with Gasteiger partial charge < -0.3 is 14.7 Å². The minimum Gasteiger partial charge on any atom is -0.497 e. The summed E-state index contributed by atoms with van der Waals surface area (Å²) < 4.78 is 5.16. The topological polar surface area (TPSA) is 35.9 Å². The van der Waals surface area contributed by atoms with Crippen molar-refractivity contribution >= 4 is 5.69 Å². The van der Waals surface area contributed by atoms with E-state index in [1.807, 2.05) is 24.3 Å². The molecule has 1 N–H and O–H groups in total. The summed E-state index contributed by atoms with van der Waals surface area (Å²) in [7, 11) is 1.65. The van der Waals surface area contributed by atoms with Gasteiger partial charge in [-0.2, -0.15) is 0 Å². The van der Waals surface area contributed by atoms with Crippen molar-refractivity contribution in [3.05, 3.63) is 59.7 Å². The average molecular weight is 326 g/mol. The summed E-state index contributed by atoms with van der Waals surface area (Å²) in [5, 5.41) is 10.5. The van der Waals surface area contributed by atoms with Crippen LogP contribution in [0.15, 0.2) is 48.5 Å². The van der Waals surface area contributed by atoms with Crippen LogP contribution in [0.4, 0.5) is 5.69 Å². The van der Waals surface area contributed by atoms with Crippen molar-refractivity contribution in [2.75, 3.05) is 44.7 Å². The zero-order valence-electron chi connectivity index (χ0n) is 14.5. The molecule has 1 saturated heterocycles. The molecule has 2 aromatic carbocycles. The highest BCUT2D eigenvalue weighted by atomic mass is 16.5. The highest BCUT2D eigenvalue weighted by Crippen LogP contribution is 2.22. The van der Waals surface area contributed by atoms with Crippen LogP contribution < -0.4 is 9.64 Å². The van der Waals surface area contributed by atoms with Gasteiger partial charge in [0.25, 0.3) is 0 Å². The molecule has 0 amide bonds. The molecule has 4 nitrogen and oxygen atoms in total. The fourth-order valence-corrected chi connectivity index (χ4v) is 3.27. The summed E-state index contributed by atoms with van der Waals surface area (Å²) in [6.07, 6.45) is -0.457. The SMILES string of the molecule is COc1ccc([C@@H](O)CN2CCN(c3ccccc3C)CC2)cc1. The smallest absolute Gasteiger partial charge is 0.118 e. The summed E-state index contributed by atoms with van der Waals surface area (Å²) in [5.74, 6) is 0.817. The molecule has 0 radical (unpaired) electrons. The first-order valence-electron chi connectivity index (χ1n) is 8.52.